The average molecular weight is 572 g/mol. The van der Waals surface area contributed by atoms with E-state index in [1.165, 1.54) is 26.0 Å². The Kier molecular flexibility index (Phi) is 10.9. The second-order valence-corrected chi connectivity index (χ2v) is 9.08. The molecule has 0 heterocycles. The summed E-state index contributed by atoms with van der Waals surface area (Å²) >= 11 is 23.2. The minimum atomic E-state index is -0.610. The molecule has 3 N–H and O–H groups in total. The number of esters is 2. The number of ether oxygens (including phenoxy) is 2. The van der Waals surface area contributed by atoms with Crippen molar-refractivity contribution in [2.75, 3.05) is 11.1 Å². The molecule has 0 bridgehead atoms. The number of halogens is 4. The summed E-state index contributed by atoms with van der Waals surface area (Å²) in [6, 6.07) is 14.3. The number of nitrogens with one attached hydrogen (secondary N) is 1. The highest BCUT2D eigenvalue weighted by Crippen LogP contribution is 2.33. The SMILES string of the molecule is CC(=O)Oc1ccc(C(C)C(=O)Nc2cc(Cl)ccc2Cl)cc1OC(C)=O.Nc1cc(Cl)ccc1Cl. The number of benzene rings is 3. The number of rotatable bonds is 5. The lowest BCUT2D eigenvalue weighted by Crippen LogP contribution is -2.19. The third-order valence-electron chi connectivity index (χ3n) is 4.51. The van der Waals surface area contributed by atoms with Crippen molar-refractivity contribution >= 4 is 75.6 Å². The fourth-order valence-electron chi connectivity index (χ4n) is 2.77. The Balaban J connectivity index is 0.000000425. The highest BCUT2D eigenvalue weighted by Gasteiger charge is 2.20. The highest BCUT2D eigenvalue weighted by molar-refractivity contribution is 6.36. The van der Waals surface area contributed by atoms with Crippen LogP contribution in [0.3, 0.4) is 0 Å². The van der Waals surface area contributed by atoms with Crippen LogP contribution in [-0.2, 0) is 14.4 Å². The Morgan fingerprint density at radius 3 is 1.89 bits per heavy atom. The van der Waals surface area contributed by atoms with Crippen molar-refractivity contribution in [2.45, 2.75) is 26.7 Å². The van der Waals surface area contributed by atoms with Crippen molar-refractivity contribution in [2.24, 2.45) is 0 Å². The van der Waals surface area contributed by atoms with Crippen LogP contribution in [0.25, 0.3) is 0 Å². The molecule has 0 saturated heterocycles. The minimum Gasteiger partial charge on any atom is -0.423 e. The summed E-state index contributed by atoms with van der Waals surface area (Å²) in [5.74, 6) is -1.95. The molecular formula is C25H22Cl4N2O5. The summed E-state index contributed by atoms with van der Waals surface area (Å²) in [6.45, 7) is 4.13. The van der Waals surface area contributed by atoms with E-state index < -0.39 is 17.9 Å². The van der Waals surface area contributed by atoms with E-state index in [-0.39, 0.29) is 17.4 Å². The van der Waals surface area contributed by atoms with Gasteiger partial charge in [-0.1, -0.05) is 52.5 Å². The van der Waals surface area contributed by atoms with Crippen LogP contribution in [0.4, 0.5) is 11.4 Å². The number of carbonyl (C=O) groups is 3. The molecule has 7 nitrogen and oxygen atoms in total. The van der Waals surface area contributed by atoms with Crippen molar-refractivity contribution in [1.82, 2.24) is 0 Å². The van der Waals surface area contributed by atoms with Crippen molar-refractivity contribution in [1.29, 1.82) is 0 Å². The van der Waals surface area contributed by atoms with E-state index in [9.17, 15) is 14.4 Å². The zero-order chi connectivity index (χ0) is 27.0. The number of nitrogen functional groups attached to an aromatic ring is 1. The van der Waals surface area contributed by atoms with Gasteiger partial charge in [-0.3, -0.25) is 14.4 Å². The summed E-state index contributed by atoms with van der Waals surface area (Å²) in [5.41, 5.74) is 6.86. The third-order valence-corrected chi connectivity index (χ3v) is 5.66. The van der Waals surface area contributed by atoms with E-state index in [0.29, 0.717) is 37.0 Å². The number of hydrogen-bond acceptors (Lipinski definition) is 6. The number of hydrogen-bond donors (Lipinski definition) is 2. The molecule has 1 amide bonds. The highest BCUT2D eigenvalue weighted by atomic mass is 35.5. The van der Waals surface area contributed by atoms with Crippen LogP contribution < -0.4 is 20.5 Å². The van der Waals surface area contributed by atoms with Gasteiger partial charge in [-0.05, 0) is 61.0 Å². The van der Waals surface area contributed by atoms with Crippen LogP contribution in [0, 0.1) is 0 Å². The third kappa shape index (κ3) is 8.91. The summed E-state index contributed by atoms with van der Waals surface area (Å²) in [5, 5.41) is 4.65. The van der Waals surface area contributed by atoms with Crippen molar-refractivity contribution in [3.05, 3.63) is 80.3 Å². The first-order valence-electron chi connectivity index (χ1n) is 10.3. The van der Waals surface area contributed by atoms with E-state index in [2.05, 4.69) is 5.32 Å². The molecule has 0 saturated carbocycles. The van der Waals surface area contributed by atoms with Gasteiger partial charge in [0.2, 0.25) is 5.91 Å². The molecule has 11 heteroatoms. The molecule has 0 aliphatic carbocycles. The zero-order valence-electron chi connectivity index (χ0n) is 19.4. The van der Waals surface area contributed by atoms with Gasteiger partial charge in [0.25, 0.3) is 0 Å². The largest absolute Gasteiger partial charge is 0.423 e. The molecular weight excluding hydrogens is 550 g/mol. The van der Waals surface area contributed by atoms with Gasteiger partial charge < -0.3 is 20.5 Å². The molecule has 0 aromatic heterocycles. The first kappa shape index (κ1) is 29.3. The topological polar surface area (TPSA) is 108 Å². The van der Waals surface area contributed by atoms with Crippen molar-refractivity contribution in [3.63, 3.8) is 0 Å². The summed E-state index contributed by atoms with van der Waals surface area (Å²) in [4.78, 5) is 35.1. The van der Waals surface area contributed by atoms with Crippen LogP contribution in [0.5, 0.6) is 11.5 Å². The lowest BCUT2D eigenvalue weighted by atomic mass is 9.99. The molecule has 3 rings (SSSR count). The quantitative estimate of drug-likeness (QED) is 0.191. The lowest BCUT2D eigenvalue weighted by molar-refractivity contribution is -0.134. The maximum atomic E-state index is 12.6. The second-order valence-electron chi connectivity index (χ2n) is 7.39. The zero-order valence-corrected chi connectivity index (χ0v) is 22.4. The Bertz CT molecular complexity index is 1280. The van der Waals surface area contributed by atoms with E-state index in [0.717, 1.165) is 0 Å². The molecule has 190 valence electrons. The fraction of sp³-hybridized carbons (Fsp3) is 0.160. The molecule has 0 aliphatic heterocycles. The molecule has 3 aromatic carbocycles. The maximum absolute atomic E-state index is 12.6. The van der Waals surface area contributed by atoms with Crippen molar-refractivity contribution < 1.29 is 23.9 Å². The fourth-order valence-corrected chi connectivity index (χ4v) is 3.40. The molecule has 0 spiro atoms. The Morgan fingerprint density at radius 1 is 0.778 bits per heavy atom. The maximum Gasteiger partial charge on any atom is 0.308 e. The van der Waals surface area contributed by atoms with E-state index >= 15 is 0 Å². The van der Waals surface area contributed by atoms with Crippen LogP contribution in [0.1, 0.15) is 32.3 Å². The molecule has 36 heavy (non-hydrogen) atoms. The van der Waals surface area contributed by atoms with Crippen LogP contribution in [-0.4, -0.2) is 17.8 Å². The second kappa shape index (κ2) is 13.4. The average Bonchev–Trinajstić information content (AvgIpc) is 2.79. The number of carbonyl (C=O) groups excluding carboxylic acids is 3. The molecule has 0 fully saturated rings. The van der Waals surface area contributed by atoms with E-state index in [4.69, 9.17) is 61.6 Å². The number of anilines is 2. The lowest BCUT2D eigenvalue weighted by Gasteiger charge is -2.16. The summed E-state index contributed by atoms with van der Waals surface area (Å²) < 4.78 is 10.1. The first-order valence-corrected chi connectivity index (χ1v) is 11.9. The Morgan fingerprint density at radius 2 is 1.33 bits per heavy atom. The molecule has 3 aromatic rings. The molecule has 0 radical (unpaired) electrons. The number of amides is 1. The molecule has 1 atom stereocenters. The van der Waals surface area contributed by atoms with E-state index in [1.54, 1.807) is 49.4 Å². The minimum absolute atomic E-state index is 0.0515. The smallest absolute Gasteiger partial charge is 0.308 e. The van der Waals surface area contributed by atoms with Gasteiger partial charge in [0.1, 0.15) is 0 Å². The standard InChI is InChI=1S/C19H17Cl2NO5.C6H5Cl2N/c1-10(19(25)22-16-9-14(20)5-6-15(16)21)13-4-7-17(26-11(2)23)18(8-13)27-12(3)24;7-4-1-2-5(8)6(9)3-4/h4-10H,1-3H3,(H,22,25);1-3H,9H2. The van der Waals surface area contributed by atoms with Gasteiger partial charge >= 0.3 is 11.9 Å². The summed E-state index contributed by atoms with van der Waals surface area (Å²) in [7, 11) is 0. The van der Waals surface area contributed by atoms with E-state index in [1.807, 2.05) is 0 Å². The molecule has 1 unspecified atom stereocenters. The number of nitrogens with two attached hydrogens (primary N) is 1. The normalized spacial score (nSPS) is 11.0. The van der Waals surface area contributed by atoms with Gasteiger partial charge in [0.15, 0.2) is 11.5 Å². The van der Waals surface area contributed by atoms with Crippen LogP contribution >= 0.6 is 46.4 Å². The Hall–Kier alpha value is -2.97. The van der Waals surface area contributed by atoms with Gasteiger partial charge in [0, 0.05) is 23.9 Å². The Labute approximate surface area is 228 Å². The van der Waals surface area contributed by atoms with Crippen LogP contribution in [0.15, 0.2) is 54.6 Å². The first-order chi connectivity index (χ1) is 16.9. The predicted molar refractivity (Wildman–Crippen MR) is 143 cm³/mol. The van der Waals surface area contributed by atoms with Gasteiger partial charge in [-0.15, -0.1) is 0 Å². The van der Waals surface area contributed by atoms with Crippen LogP contribution in [0.2, 0.25) is 20.1 Å². The van der Waals surface area contributed by atoms with Gasteiger partial charge in [0.05, 0.1) is 27.3 Å². The predicted octanol–water partition coefficient (Wildman–Crippen LogP) is 7.16. The molecule has 0 aliphatic rings. The monoisotopic (exact) mass is 570 g/mol. The van der Waals surface area contributed by atoms with Gasteiger partial charge in [-0.2, -0.15) is 0 Å². The summed E-state index contributed by atoms with van der Waals surface area (Å²) in [6.07, 6.45) is 0. The van der Waals surface area contributed by atoms with Gasteiger partial charge in [-0.25, -0.2) is 0 Å². The van der Waals surface area contributed by atoms with Crippen molar-refractivity contribution in [3.8, 4) is 11.5 Å².